The number of anilines is 1. The van der Waals surface area contributed by atoms with E-state index in [1.165, 1.54) is 17.0 Å². The number of aromatic nitrogens is 2. The van der Waals surface area contributed by atoms with Crippen LogP contribution in [0.4, 0.5) is 18.9 Å². The highest BCUT2D eigenvalue weighted by Crippen LogP contribution is 2.47. The Balaban J connectivity index is 1.56. The number of hydrogen-bond donors (Lipinski definition) is 0. The lowest BCUT2D eigenvalue weighted by Gasteiger charge is -2.42. The molecule has 2 saturated heterocycles. The lowest BCUT2D eigenvalue weighted by molar-refractivity contribution is -0.139. The molecule has 0 saturated carbocycles. The molecule has 2 aliphatic heterocycles. The fourth-order valence-electron chi connectivity index (χ4n) is 5.22. The zero-order valence-electron chi connectivity index (χ0n) is 19.6. The summed E-state index contributed by atoms with van der Waals surface area (Å²) in [6, 6.07) is 5.30. The first kappa shape index (κ1) is 24.6. The van der Waals surface area contributed by atoms with Crippen LogP contribution in [0.1, 0.15) is 24.0 Å². The molecule has 35 heavy (non-hydrogen) atoms. The highest BCUT2D eigenvalue weighted by molar-refractivity contribution is 5.81. The van der Waals surface area contributed by atoms with Crippen LogP contribution in [0, 0.1) is 22.7 Å². The second-order valence-electron chi connectivity index (χ2n) is 9.48. The topological polar surface area (TPSA) is 85.5 Å². The third-order valence-electron chi connectivity index (χ3n) is 7.17. The standard InChI is InChI=1S/C24H27F3N6O2/c1-30(2)22(35)20-13-33(18-4-3-17(12-28)19(11-18)24(25,26)27)15-23(20)5-8-32(9-6-23)21(34)14-31-10-7-29-16-31/h3-4,7,10-11,16,20H,5-6,8-9,13-15H2,1-2H3. The van der Waals surface area contributed by atoms with Gasteiger partial charge in [-0.25, -0.2) is 4.98 Å². The van der Waals surface area contributed by atoms with E-state index in [1.54, 1.807) is 48.4 Å². The molecule has 0 radical (unpaired) electrons. The summed E-state index contributed by atoms with van der Waals surface area (Å²) >= 11 is 0. The predicted octanol–water partition coefficient (Wildman–Crippen LogP) is 2.61. The number of amides is 2. The number of benzene rings is 1. The monoisotopic (exact) mass is 488 g/mol. The van der Waals surface area contributed by atoms with E-state index >= 15 is 0 Å². The number of alkyl halides is 3. The third kappa shape index (κ3) is 4.83. The zero-order valence-corrected chi connectivity index (χ0v) is 19.6. The number of nitriles is 1. The maximum Gasteiger partial charge on any atom is 0.417 e. The van der Waals surface area contributed by atoms with Crippen LogP contribution in [0.2, 0.25) is 0 Å². The maximum absolute atomic E-state index is 13.5. The molecular formula is C24H27F3N6O2. The third-order valence-corrected chi connectivity index (χ3v) is 7.17. The van der Waals surface area contributed by atoms with Crippen molar-refractivity contribution in [3.63, 3.8) is 0 Å². The first-order valence-electron chi connectivity index (χ1n) is 11.3. The Hall–Kier alpha value is -3.55. The summed E-state index contributed by atoms with van der Waals surface area (Å²) in [5.74, 6) is -0.520. The van der Waals surface area contributed by atoms with Gasteiger partial charge in [-0.2, -0.15) is 18.4 Å². The van der Waals surface area contributed by atoms with E-state index in [9.17, 15) is 22.8 Å². The highest BCUT2D eigenvalue weighted by atomic mass is 19.4. The van der Waals surface area contributed by atoms with Gasteiger partial charge in [0, 0.05) is 63.8 Å². The van der Waals surface area contributed by atoms with E-state index in [0.717, 1.165) is 6.07 Å². The lowest BCUT2D eigenvalue weighted by Crippen LogP contribution is -2.50. The van der Waals surface area contributed by atoms with E-state index < -0.39 is 28.6 Å². The quantitative estimate of drug-likeness (QED) is 0.661. The molecule has 1 aromatic heterocycles. The van der Waals surface area contributed by atoms with Crippen molar-refractivity contribution in [1.82, 2.24) is 19.4 Å². The molecule has 0 N–H and O–H groups in total. The minimum atomic E-state index is -4.65. The first-order valence-corrected chi connectivity index (χ1v) is 11.3. The Bertz CT molecular complexity index is 1130. The Kier molecular flexibility index (Phi) is 6.49. The Morgan fingerprint density at radius 3 is 2.54 bits per heavy atom. The van der Waals surface area contributed by atoms with E-state index in [2.05, 4.69) is 4.98 Å². The van der Waals surface area contributed by atoms with Crippen LogP contribution in [-0.4, -0.2) is 71.4 Å². The number of imidazole rings is 1. The number of halogens is 3. The number of likely N-dealkylation sites (tertiary alicyclic amines) is 1. The molecule has 3 heterocycles. The molecule has 2 aliphatic rings. The fraction of sp³-hybridized carbons (Fsp3) is 0.500. The molecule has 0 aliphatic carbocycles. The smallest absolute Gasteiger partial charge is 0.370 e. The van der Waals surface area contributed by atoms with Crippen molar-refractivity contribution in [2.75, 3.05) is 45.2 Å². The molecule has 2 fully saturated rings. The van der Waals surface area contributed by atoms with Crippen molar-refractivity contribution in [2.24, 2.45) is 11.3 Å². The molecule has 1 unspecified atom stereocenters. The van der Waals surface area contributed by atoms with Gasteiger partial charge in [0.15, 0.2) is 0 Å². The number of rotatable bonds is 4. The SMILES string of the molecule is CN(C)C(=O)C1CN(c2ccc(C#N)c(C(F)(F)F)c2)CC12CCN(C(=O)Cn1ccnc1)CC2. The van der Waals surface area contributed by atoms with E-state index in [1.807, 2.05) is 4.90 Å². The van der Waals surface area contributed by atoms with Gasteiger partial charge in [-0.15, -0.1) is 0 Å². The number of hydrogen-bond acceptors (Lipinski definition) is 5. The Morgan fingerprint density at radius 2 is 1.97 bits per heavy atom. The van der Waals surface area contributed by atoms with Gasteiger partial charge in [-0.1, -0.05) is 0 Å². The highest BCUT2D eigenvalue weighted by Gasteiger charge is 2.52. The van der Waals surface area contributed by atoms with Crippen molar-refractivity contribution in [2.45, 2.75) is 25.6 Å². The second kappa shape index (κ2) is 9.24. The summed E-state index contributed by atoms with van der Waals surface area (Å²) in [5.41, 5.74) is -1.53. The van der Waals surface area contributed by atoms with Crippen molar-refractivity contribution in [3.05, 3.63) is 48.0 Å². The van der Waals surface area contributed by atoms with Crippen molar-refractivity contribution >= 4 is 17.5 Å². The first-order chi connectivity index (χ1) is 16.5. The van der Waals surface area contributed by atoms with Gasteiger partial charge < -0.3 is 19.3 Å². The summed E-state index contributed by atoms with van der Waals surface area (Å²) in [6.07, 6.45) is 1.40. The van der Waals surface area contributed by atoms with E-state index in [4.69, 9.17) is 5.26 Å². The average Bonchev–Trinajstić information content (AvgIpc) is 3.46. The van der Waals surface area contributed by atoms with E-state index in [-0.39, 0.29) is 24.9 Å². The fourth-order valence-corrected chi connectivity index (χ4v) is 5.22. The average molecular weight is 489 g/mol. The summed E-state index contributed by atoms with van der Waals surface area (Å²) in [4.78, 5) is 34.9. The zero-order chi connectivity index (χ0) is 25.4. The van der Waals surface area contributed by atoms with Crippen LogP contribution < -0.4 is 4.90 Å². The predicted molar refractivity (Wildman–Crippen MR) is 121 cm³/mol. The molecule has 4 rings (SSSR count). The Labute approximate surface area is 201 Å². The normalized spacial score (nSPS) is 19.6. The number of carbonyl (C=O) groups is 2. The molecular weight excluding hydrogens is 461 g/mol. The van der Waals surface area contributed by atoms with E-state index in [0.29, 0.717) is 38.2 Å². The lowest BCUT2D eigenvalue weighted by atomic mass is 9.70. The molecule has 1 aromatic carbocycles. The minimum absolute atomic E-state index is 0.0369. The van der Waals surface area contributed by atoms with Crippen LogP contribution >= 0.6 is 0 Å². The van der Waals surface area contributed by atoms with Crippen molar-refractivity contribution < 1.29 is 22.8 Å². The van der Waals surface area contributed by atoms with Gasteiger partial charge in [0.25, 0.3) is 0 Å². The van der Waals surface area contributed by atoms with Crippen molar-refractivity contribution in [3.8, 4) is 6.07 Å². The molecule has 2 amide bonds. The summed E-state index contributed by atoms with van der Waals surface area (Å²) in [6.45, 7) is 1.82. The number of piperidine rings is 1. The molecule has 0 bridgehead atoms. The van der Waals surface area contributed by atoms with Crippen LogP contribution in [0.3, 0.4) is 0 Å². The second-order valence-corrected chi connectivity index (χ2v) is 9.48. The van der Waals surface area contributed by atoms with Crippen LogP contribution in [-0.2, 0) is 22.3 Å². The minimum Gasteiger partial charge on any atom is -0.370 e. The van der Waals surface area contributed by atoms with Crippen molar-refractivity contribution in [1.29, 1.82) is 5.26 Å². The number of nitrogens with zero attached hydrogens (tertiary/aromatic N) is 6. The summed E-state index contributed by atoms with van der Waals surface area (Å²) < 4.78 is 42.3. The van der Waals surface area contributed by atoms with Gasteiger partial charge in [-0.3, -0.25) is 9.59 Å². The van der Waals surface area contributed by atoms with Gasteiger partial charge in [0.2, 0.25) is 11.8 Å². The van der Waals surface area contributed by atoms with Gasteiger partial charge >= 0.3 is 6.18 Å². The summed E-state index contributed by atoms with van der Waals surface area (Å²) in [7, 11) is 3.35. The van der Waals surface area contributed by atoms with Crippen LogP contribution in [0.5, 0.6) is 0 Å². The largest absolute Gasteiger partial charge is 0.417 e. The van der Waals surface area contributed by atoms with Crippen LogP contribution in [0.25, 0.3) is 0 Å². The summed E-state index contributed by atoms with van der Waals surface area (Å²) in [5, 5.41) is 9.11. The van der Waals surface area contributed by atoms with Gasteiger partial charge in [0.05, 0.1) is 29.4 Å². The molecule has 1 spiro atoms. The molecule has 11 heteroatoms. The molecule has 8 nitrogen and oxygen atoms in total. The number of carbonyl (C=O) groups excluding carboxylic acids is 2. The van der Waals surface area contributed by atoms with Crippen LogP contribution in [0.15, 0.2) is 36.9 Å². The van der Waals surface area contributed by atoms with Gasteiger partial charge in [0.1, 0.15) is 6.54 Å². The molecule has 186 valence electrons. The van der Waals surface area contributed by atoms with Gasteiger partial charge in [-0.05, 0) is 31.0 Å². The molecule has 2 aromatic rings. The maximum atomic E-state index is 13.5. The Morgan fingerprint density at radius 1 is 1.26 bits per heavy atom. The molecule has 1 atom stereocenters.